The Balaban J connectivity index is 2.18. The molecule has 0 spiro atoms. The summed E-state index contributed by atoms with van der Waals surface area (Å²) in [5.41, 5.74) is 2.82. The van der Waals surface area contributed by atoms with Crippen LogP contribution in [0.2, 0.25) is 0 Å². The Morgan fingerprint density at radius 1 is 0.952 bits per heavy atom. The summed E-state index contributed by atoms with van der Waals surface area (Å²) >= 11 is 0. The van der Waals surface area contributed by atoms with Crippen LogP contribution in [0.1, 0.15) is 26.3 Å². The van der Waals surface area contributed by atoms with Crippen molar-refractivity contribution in [3.05, 3.63) is 65.2 Å². The molecule has 0 saturated carbocycles. The third kappa shape index (κ3) is 3.69. The smallest absolute Gasteiger partial charge is 0.255 e. The molecule has 2 aromatic carbocycles. The third-order valence-corrected chi connectivity index (χ3v) is 3.09. The fraction of sp³-hybridized carbons (Fsp3) is 0.176. The Bertz CT molecular complexity index is 661. The second kappa shape index (κ2) is 6.22. The molecule has 0 aromatic heterocycles. The highest BCUT2D eigenvalue weighted by Crippen LogP contribution is 2.12. The molecule has 4 nitrogen and oxygen atoms in total. The lowest BCUT2D eigenvalue weighted by molar-refractivity contribution is 0.0827. The molecule has 1 N–H and O–H groups in total. The average molecular weight is 282 g/mol. The first-order valence-electron chi connectivity index (χ1n) is 6.67. The summed E-state index contributed by atoms with van der Waals surface area (Å²) in [5.74, 6) is -0.354. The summed E-state index contributed by atoms with van der Waals surface area (Å²) < 4.78 is 0. The van der Waals surface area contributed by atoms with E-state index in [0.29, 0.717) is 11.1 Å². The molecule has 4 heteroatoms. The monoisotopic (exact) mass is 282 g/mol. The number of benzene rings is 2. The Kier molecular flexibility index (Phi) is 4.38. The fourth-order valence-corrected chi connectivity index (χ4v) is 1.89. The highest BCUT2D eigenvalue weighted by atomic mass is 16.2. The van der Waals surface area contributed by atoms with E-state index in [1.165, 1.54) is 4.90 Å². The van der Waals surface area contributed by atoms with Gasteiger partial charge in [0.15, 0.2) is 0 Å². The number of amides is 2. The molecule has 0 heterocycles. The Labute approximate surface area is 124 Å². The van der Waals surface area contributed by atoms with Crippen LogP contribution in [0.25, 0.3) is 0 Å². The van der Waals surface area contributed by atoms with Crippen LogP contribution < -0.4 is 5.32 Å². The Hall–Kier alpha value is -2.62. The molecule has 0 radical (unpaired) electrons. The third-order valence-electron chi connectivity index (χ3n) is 3.09. The maximum atomic E-state index is 12.2. The van der Waals surface area contributed by atoms with Crippen LogP contribution in [-0.2, 0) is 0 Å². The standard InChI is InChI=1S/C17H18N2O2/c1-12-7-9-15(10-8-12)18-16(20)13-5-4-6-14(11-13)17(21)19(2)3/h4-11H,1-3H3,(H,18,20). The second-order valence-corrected chi connectivity index (χ2v) is 5.10. The normalized spacial score (nSPS) is 10.0. The lowest BCUT2D eigenvalue weighted by atomic mass is 10.1. The van der Waals surface area contributed by atoms with E-state index in [4.69, 9.17) is 0 Å². The molecule has 0 aliphatic heterocycles. The number of rotatable bonds is 3. The molecule has 0 fully saturated rings. The van der Waals surface area contributed by atoms with Crippen molar-refractivity contribution < 1.29 is 9.59 Å². The summed E-state index contributed by atoms with van der Waals surface area (Å²) in [6, 6.07) is 14.3. The zero-order chi connectivity index (χ0) is 15.4. The zero-order valence-electron chi connectivity index (χ0n) is 12.4. The quantitative estimate of drug-likeness (QED) is 0.941. The van der Waals surface area contributed by atoms with Crippen LogP contribution in [0.4, 0.5) is 5.69 Å². The van der Waals surface area contributed by atoms with Crippen molar-refractivity contribution in [1.82, 2.24) is 4.90 Å². The van der Waals surface area contributed by atoms with Gasteiger partial charge in [0.05, 0.1) is 0 Å². The molecular weight excluding hydrogens is 264 g/mol. The van der Waals surface area contributed by atoms with Gasteiger partial charge in [-0.2, -0.15) is 0 Å². The van der Waals surface area contributed by atoms with Crippen LogP contribution in [0.15, 0.2) is 48.5 Å². The second-order valence-electron chi connectivity index (χ2n) is 5.10. The molecule has 0 atom stereocenters. The van der Waals surface area contributed by atoms with Crippen LogP contribution in [0, 0.1) is 6.92 Å². The highest BCUT2D eigenvalue weighted by molar-refractivity contribution is 6.06. The molecule has 0 aliphatic carbocycles. The van der Waals surface area contributed by atoms with Gasteiger partial charge >= 0.3 is 0 Å². The molecule has 0 bridgehead atoms. The predicted octanol–water partition coefficient (Wildman–Crippen LogP) is 2.95. The van der Waals surface area contributed by atoms with E-state index < -0.39 is 0 Å². The van der Waals surface area contributed by atoms with E-state index in [9.17, 15) is 9.59 Å². The predicted molar refractivity (Wildman–Crippen MR) is 83.6 cm³/mol. The molecule has 0 aliphatic rings. The van der Waals surface area contributed by atoms with Crippen molar-refractivity contribution in [3.63, 3.8) is 0 Å². The molecule has 108 valence electrons. The van der Waals surface area contributed by atoms with Crippen molar-refractivity contribution in [2.75, 3.05) is 19.4 Å². The first kappa shape index (κ1) is 14.8. The number of hydrogen-bond donors (Lipinski definition) is 1. The van der Waals surface area contributed by atoms with Gasteiger partial charge in [-0.1, -0.05) is 23.8 Å². The van der Waals surface area contributed by atoms with Crippen molar-refractivity contribution >= 4 is 17.5 Å². The number of anilines is 1. The molecule has 0 saturated heterocycles. The van der Waals surface area contributed by atoms with Crippen LogP contribution >= 0.6 is 0 Å². The van der Waals surface area contributed by atoms with Gasteiger partial charge in [0.25, 0.3) is 11.8 Å². The number of nitrogens with one attached hydrogen (secondary N) is 1. The molecule has 21 heavy (non-hydrogen) atoms. The summed E-state index contributed by atoms with van der Waals surface area (Å²) in [5, 5.41) is 2.82. The zero-order valence-corrected chi connectivity index (χ0v) is 12.4. The summed E-state index contributed by atoms with van der Waals surface area (Å²) in [4.78, 5) is 25.6. The molecular formula is C17H18N2O2. The van der Waals surface area contributed by atoms with Crippen LogP contribution in [-0.4, -0.2) is 30.8 Å². The topological polar surface area (TPSA) is 49.4 Å². The minimum atomic E-state index is -0.229. The van der Waals surface area contributed by atoms with Gasteiger partial charge in [0.1, 0.15) is 0 Å². The lowest BCUT2D eigenvalue weighted by Gasteiger charge is -2.11. The van der Waals surface area contributed by atoms with Crippen molar-refractivity contribution in [2.45, 2.75) is 6.92 Å². The van der Waals surface area contributed by atoms with Gasteiger partial charge in [0, 0.05) is 30.9 Å². The van der Waals surface area contributed by atoms with Gasteiger partial charge in [0.2, 0.25) is 0 Å². The van der Waals surface area contributed by atoms with Crippen molar-refractivity contribution in [1.29, 1.82) is 0 Å². The van der Waals surface area contributed by atoms with Crippen LogP contribution in [0.3, 0.4) is 0 Å². The SMILES string of the molecule is Cc1ccc(NC(=O)c2cccc(C(=O)N(C)C)c2)cc1. The van der Waals surface area contributed by atoms with Gasteiger partial charge < -0.3 is 10.2 Å². The average Bonchev–Trinajstić information content (AvgIpc) is 2.48. The van der Waals surface area contributed by atoms with E-state index in [1.54, 1.807) is 38.4 Å². The van der Waals surface area contributed by atoms with E-state index in [-0.39, 0.29) is 11.8 Å². The van der Waals surface area contributed by atoms with E-state index in [0.717, 1.165) is 11.3 Å². The Morgan fingerprint density at radius 3 is 2.19 bits per heavy atom. The van der Waals surface area contributed by atoms with Gasteiger partial charge in [-0.3, -0.25) is 9.59 Å². The van der Waals surface area contributed by atoms with Crippen molar-refractivity contribution in [3.8, 4) is 0 Å². The first-order chi connectivity index (χ1) is 9.97. The number of aryl methyl sites for hydroxylation is 1. The van der Waals surface area contributed by atoms with E-state index in [1.807, 2.05) is 31.2 Å². The number of nitrogens with zero attached hydrogens (tertiary/aromatic N) is 1. The van der Waals surface area contributed by atoms with Crippen LogP contribution in [0.5, 0.6) is 0 Å². The minimum absolute atomic E-state index is 0.125. The number of hydrogen-bond acceptors (Lipinski definition) is 2. The largest absolute Gasteiger partial charge is 0.345 e. The molecule has 0 unspecified atom stereocenters. The highest BCUT2D eigenvalue weighted by Gasteiger charge is 2.11. The molecule has 2 amide bonds. The minimum Gasteiger partial charge on any atom is -0.345 e. The summed E-state index contributed by atoms with van der Waals surface area (Å²) in [6.07, 6.45) is 0. The maximum absolute atomic E-state index is 12.2. The number of carbonyl (C=O) groups is 2. The molecule has 2 rings (SSSR count). The van der Waals surface area contributed by atoms with E-state index in [2.05, 4.69) is 5.32 Å². The Morgan fingerprint density at radius 2 is 1.57 bits per heavy atom. The van der Waals surface area contributed by atoms with Gasteiger partial charge in [-0.25, -0.2) is 0 Å². The maximum Gasteiger partial charge on any atom is 0.255 e. The van der Waals surface area contributed by atoms with Gasteiger partial charge in [-0.15, -0.1) is 0 Å². The van der Waals surface area contributed by atoms with E-state index >= 15 is 0 Å². The van der Waals surface area contributed by atoms with Gasteiger partial charge in [-0.05, 0) is 37.3 Å². The first-order valence-corrected chi connectivity index (χ1v) is 6.67. The van der Waals surface area contributed by atoms with Crippen molar-refractivity contribution in [2.24, 2.45) is 0 Å². The molecule has 2 aromatic rings. The lowest BCUT2D eigenvalue weighted by Crippen LogP contribution is -2.22. The fourth-order valence-electron chi connectivity index (χ4n) is 1.89. The summed E-state index contributed by atoms with van der Waals surface area (Å²) in [7, 11) is 3.36. The number of carbonyl (C=O) groups excluding carboxylic acids is 2. The summed E-state index contributed by atoms with van der Waals surface area (Å²) in [6.45, 7) is 1.99.